The molecule has 1 amide bonds. The highest BCUT2D eigenvalue weighted by Gasteiger charge is 2.30. The summed E-state index contributed by atoms with van der Waals surface area (Å²) in [6, 6.07) is 5.10. The van der Waals surface area contributed by atoms with E-state index in [1.54, 1.807) is 6.07 Å². The largest absolute Gasteiger partial charge is 0.416 e. The Morgan fingerprint density at radius 3 is 1.97 bits per heavy atom. The quantitative estimate of drug-likeness (QED) is 0.269. The Morgan fingerprint density at radius 1 is 0.968 bits per heavy atom. The molecule has 2 atom stereocenters. The van der Waals surface area contributed by atoms with Crippen LogP contribution in [0.5, 0.6) is 0 Å². The van der Waals surface area contributed by atoms with E-state index in [4.69, 9.17) is 0 Å². The van der Waals surface area contributed by atoms with Crippen LogP contribution in [0, 0.1) is 11.8 Å². The van der Waals surface area contributed by atoms with Gasteiger partial charge in [-0.3, -0.25) is 4.79 Å². The molecular weight excluding hydrogens is 399 g/mol. The van der Waals surface area contributed by atoms with Crippen LogP contribution in [0.2, 0.25) is 0 Å². The summed E-state index contributed by atoms with van der Waals surface area (Å²) in [7, 11) is 0. The third kappa shape index (κ3) is 10.4. The summed E-state index contributed by atoms with van der Waals surface area (Å²) in [5.41, 5.74) is -0.311. The highest BCUT2D eigenvalue weighted by Crippen LogP contribution is 2.29. The van der Waals surface area contributed by atoms with Crippen LogP contribution in [0.15, 0.2) is 30.3 Å². The lowest BCUT2D eigenvalue weighted by Crippen LogP contribution is -2.38. The normalized spacial score (nSPS) is 14.0. The average molecular weight is 440 g/mol. The highest BCUT2D eigenvalue weighted by atomic mass is 19.4. The Bertz CT molecular complexity index is 651. The van der Waals surface area contributed by atoms with E-state index in [0.29, 0.717) is 30.5 Å². The van der Waals surface area contributed by atoms with Crippen molar-refractivity contribution in [2.45, 2.75) is 85.2 Å². The van der Waals surface area contributed by atoms with Crippen LogP contribution >= 0.6 is 0 Å². The van der Waals surface area contributed by atoms with Crippen LogP contribution < -0.4 is 0 Å². The summed E-state index contributed by atoms with van der Waals surface area (Å²) < 4.78 is 38.9. The molecule has 5 heteroatoms. The Kier molecular flexibility index (Phi) is 12.6. The van der Waals surface area contributed by atoms with E-state index < -0.39 is 11.7 Å². The molecule has 2 nitrogen and oxygen atoms in total. The number of halogens is 3. The number of rotatable bonds is 14. The molecule has 1 aromatic carbocycles. The molecule has 0 aromatic heterocycles. The first-order valence-electron chi connectivity index (χ1n) is 11.9. The lowest BCUT2D eigenvalue weighted by molar-refractivity contribution is -0.137. The minimum atomic E-state index is -4.39. The summed E-state index contributed by atoms with van der Waals surface area (Å²) in [6.45, 7) is 10.1. The molecule has 2 unspecified atom stereocenters. The van der Waals surface area contributed by atoms with Gasteiger partial charge in [0.05, 0.1) is 5.56 Å². The zero-order valence-corrected chi connectivity index (χ0v) is 19.7. The number of hydrogen-bond donors (Lipinski definition) is 0. The molecule has 0 N–H and O–H groups in total. The maximum atomic E-state index is 13.1. The first-order valence-corrected chi connectivity index (χ1v) is 11.9. The molecule has 0 aliphatic heterocycles. The van der Waals surface area contributed by atoms with Crippen molar-refractivity contribution in [3.05, 3.63) is 41.5 Å². The molecule has 31 heavy (non-hydrogen) atoms. The van der Waals surface area contributed by atoms with E-state index in [-0.39, 0.29) is 5.91 Å². The van der Waals surface area contributed by atoms with Gasteiger partial charge in [-0.1, -0.05) is 78.4 Å². The summed E-state index contributed by atoms with van der Waals surface area (Å²) in [6.07, 6.45) is 7.35. The SMILES string of the molecule is CCCCC(CC)CN(CC(CC)CCCC)C(=O)/C=C/c1cccc(C(F)(F)F)c1. The number of carbonyl (C=O) groups is 1. The van der Waals surface area contributed by atoms with Crippen molar-refractivity contribution in [1.82, 2.24) is 4.90 Å². The minimum absolute atomic E-state index is 0.109. The number of carbonyl (C=O) groups excluding carboxylic acids is 1. The van der Waals surface area contributed by atoms with E-state index >= 15 is 0 Å². The molecule has 176 valence electrons. The molecule has 0 aliphatic carbocycles. The minimum Gasteiger partial charge on any atom is -0.339 e. The number of unbranched alkanes of at least 4 members (excludes halogenated alkanes) is 2. The van der Waals surface area contributed by atoms with E-state index in [9.17, 15) is 18.0 Å². The lowest BCUT2D eigenvalue weighted by Gasteiger charge is -2.30. The fourth-order valence-corrected chi connectivity index (χ4v) is 3.80. The molecule has 0 spiro atoms. The summed E-state index contributed by atoms with van der Waals surface area (Å²) in [4.78, 5) is 15.0. The van der Waals surface area contributed by atoms with Gasteiger partial charge in [-0.05, 0) is 48.4 Å². The second-order valence-electron chi connectivity index (χ2n) is 8.53. The molecule has 0 fully saturated rings. The van der Waals surface area contributed by atoms with Crippen LogP contribution in [0.3, 0.4) is 0 Å². The van der Waals surface area contributed by atoms with Crippen molar-refractivity contribution in [3.63, 3.8) is 0 Å². The zero-order chi connectivity index (χ0) is 23.3. The standard InChI is InChI=1S/C26H40F3NO/c1-5-9-12-21(7-3)19-30(20-22(8-4)13-10-6-2)25(31)17-16-23-14-11-15-24(18-23)26(27,28)29/h11,14-18,21-22H,5-10,12-13,19-20H2,1-4H3/b17-16+. The van der Waals surface area contributed by atoms with Crippen LogP contribution in [0.1, 0.15) is 90.2 Å². The molecule has 1 aromatic rings. The summed E-state index contributed by atoms with van der Waals surface area (Å²) >= 11 is 0. The first-order chi connectivity index (χ1) is 14.7. The van der Waals surface area contributed by atoms with Gasteiger partial charge in [-0.25, -0.2) is 0 Å². The Morgan fingerprint density at radius 2 is 1.52 bits per heavy atom. The monoisotopic (exact) mass is 439 g/mol. The maximum Gasteiger partial charge on any atom is 0.416 e. The van der Waals surface area contributed by atoms with Crippen LogP contribution in [-0.4, -0.2) is 23.9 Å². The summed E-state index contributed by atoms with van der Waals surface area (Å²) in [5.74, 6) is 0.798. The van der Waals surface area contributed by atoms with Gasteiger partial charge in [-0.2, -0.15) is 13.2 Å². The van der Waals surface area contributed by atoms with Crippen molar-refractivity contribution in [1.29, 1.82) is 0 Å². The molecule has 1 rings (SSSR count). The molecule has 0 bridgehead atoms. The number of alkyl halides is 3. The van der Waals surface area contributed by atoms with Crippen molar-refractivity contribution >= 4 is 12.0 Å². The van der Waals surface area contributed by atoms with Gasteiger partial charge in [0.25, 0.3) is 0 Å². The van der Waals surface area contributed by atoms with Crippen LogP contribution in [-0.2, 0) is 11.0 Å². The zero-order valence-electron chi connectivity index (χ0n) is 19.7. The molecule has 0 aliphatic rings. The predicted octanol–water partition coefficient (Wildman–Crippen LogP) is 7.98. The smallest absolute Gasteiger partial charge is 0.339 e. The first kappa shape index (κ1) is 27.3. The van der Waals surface area contributed by atoms with Gasteiger partial charge < -0.3 is 4.90 Å². The van der Waals surface area contributed by atoms with E-state index in [0.717, 1.165) is 63.5 Å². The number of hydrogen-bond acceptors (Lipinski definition) is 1. The molecule has 0 saturated carbocycles. The predicted molar refractivity (Wildman–Crippen MR) is 124 cm³/mol. The summed E-state index contributed by atoms with van der Waals surface area (Å²) in [5, 5.41) is 0. The van der Waals surface area contributed by atoms with E-state index in [2.05, 4.69) is 27.7 Å². The topological polar surface area (TPSA) is 20.3 Å². The maximum absolute atomic E-state index is 13.1. The fraction of sp³-hybridized carbons (Fsp3) is 0.654. The van der Waals surface area contributed by atoms with Gasteiger partial charge >= 0.3 is 6.18 Å². The number of benzene rings is 1. The Balaban J connectivity index is 2.98. The second kappa shape index (κ2) is 14.3. The third-order valence-electron chi connectivity index (χ3n) is 5.99. The van der Waals surface area contributed by atoms with Crippen LogP contribution in [0.25, 0.3) is 6.08 Å². The molecule has 0 radical (unpaired) electrons. The van der Waals surface area contributed by atoms with Crippen molar-refractivity contribution < 1.29 is 18.0 Å². The number of amides is 1. The van der Waals surface area contributed by atoms with E-state index in [1.165, 1.54) is 18.2 Å². The Labute approximate surface area is 186 Å². The fourth-order valence-electron chi connectivity index (χ4n) is 3.80. The van der Waals surface area contributed by atoms with Crippen LogP contribution in [0.4, 0.5) is 13.2 Å². The van der Waals surface area contributed by atoms with Gasteiger partial charge in [-0.15, -0.1) is 0 Å². The van der Waals surface area contributed by atoms with Crippen molar-refractivity contribution in [2.24, 2.45) is 11.8 Å². The molecule has 0 saturated heterocycles. The Hall–Kier alpha value is -1.78. The molecular formula is C26H40F3NO. The van der Waals surface area contributed by atoms with Gasteiger partial charge in [0, 0.05) is 19.2 Å². The van der Waals surface area contributed by atoms with Crippen molar-refractivity contribution in [2.75, 3.05) is 13.1 Å². The van der Waals surface area contributed by atoms with Gasteiger partial charge in [0.1, 0.15) is 0 Å². The molecule has 0 heterocycles. The third-order valence-corrected chi connectivity index (χ3v) is 5.99. The van der Waals surface area contributed by atoms with Crippen molar-refractivity contribution in [3.8, 4) is 0 Å². The number of nitrogens with zero attached hydrogens (tertiary/aromatic N) is 1. The second-order valence-corrected chi connectivity index (χ2v) is 8.53. The lowest BCUT2D eigenvalue weighted by atomic mass is 9.95. The van der Waals surface area contributed by atoms with Gasteiger partial charge in [0.2, 0.25) is 5.91 Å². The highest BCUT2D eigenvalue weighted by molar-refractivity contribution is 5.91. The van der Waals surface area contributed by atoms with E-state index in [1.807, 2.05) is 4.90 Å². The average Bonchev–Trinajstić information content (AvgIpc) is 2.76. The van der Waals surface area contributed by atoms with Gasteiger partial charge in [0.15, 0.2) is 0 Å².